The smallest absolute Gasteiger partial charge is 0.336 e. The highest BCUT2D eigenvalue weighted by Gasteiger charge is 2.22. The summed E-state index contributed by atoms with van der Waals surface area (Å²) in [5.41, 5.74) is -0.888. The molecule has 1 N–H and O–H groups in total. The van der Waals surface area contributed by atoms with Gasteiger partial charge in [-0.15, -0.1) is 11.3 Å². The van der Waals surface area contributed by atoms with Gasteiger partial charge in [0.2, 0.25) is 5.78 Å². The standard InChI is InChI=1S/C14H10F2O3S/c1-2-7-3-4-12(20-7)13(17)8-5-10(15)11(16)6-9(8)14(18)19/h3-6H,2H2,1H3,(H,18,19). The number of aromatic carboxylic acids is 1. The Labute approximate surface area is 117 Å². The molecule has 0 unspecified atom stereocenters. The molecule has 0 bridgehead atoms. The molecule has 0 fully saturated rings. The summed E-state index contributed by atoms with van der Waals surface area (Å²) in [6.07, 6.45) is 0.738. The lowest BCUT2D eigenvalue weighted by Gasteiger charge is -2.05. The first-order valence-corrected chi connectivity index (χ1v) is 6.61. The molecule has 1 aromatic heterocycles. The molecule has 0 spiro atoms. The summed E-state index contributed by atoms with van der Waals surface area (Å²) in [7, 11) is 0. The van der Waals surface area contributed by atoms with E-state index in [9.17, 15) is 18.4 Å². The third-order valence-electron chi connectivity index (χ3n) is 2.77. The molecular formula is C14H10F2O3S. The quantitative estimate of drug-likeness (QED) is 0.878. The van der Waals surface area contributed by atoms with E-state index in [0.29, 0.717) is 17.0 Å². The first-order valence-electron chi connectivity index (χ1n) is 5.79. The maximum Gasteiger partial charge on any atom is 0.336 e. The molecule has 3 nitrogen and oxygen atoms in total. The van der Waals surface area contributed by atoms with Gasteiger partial charge in [0.15, 0.2) is 11.6 Å². The molecule has 0 aliphatic carbocycles. The Hall–Kier alpha value is -2.08. The number of ketones is 1. The number of thiophene rings is 1. The van der Waals surface area contributed by atoms with Gasteiger partial charge in [0.05, 0.1) is 10.4 Å². The fraction of sp³-hybridized carbons (Fsp3) is 0.143. The van der Waals surface area contributed by atoms with Gasteiger partial charge in [0, 0.05) is 10.4 Å². The van der Waals surface area contributed by atoms with Gasteiger partial charge in [-0.1, -0.05) is 6.92 Å². The van der Waals surface area contributed by atoms with Gasteiger partial charge in [-0.25, -0.2) is 13.6 Å². The highest BCUT2D eigenvalue weighted by atomic mass is 32.1. The Bertz CT molecular complexity index is 692. The van der Waals surface area contributed by atoms with Crippen LogP contribution >= 0.6 is 11.3 Å². The predicted molar refractivity (Wildman–Crippen MR) is 70.4 cm³/mol. The van der Waals surface area contributed by atoms with Crippen LogP contribution in [0.3, 0.4) is 0 Å². The molecule has 0 aliphatic rings. The molecule has 2 aromatic rings. The molecule has 0 amide bonds. The third kappa shape index (κ3) is 2.60. The van der Waals surface area contributed by atoms with Crippen LogP contribution in [-0.2, 0) is 6.42 Å². The SMILES string of the molecule is CCc1ccc(C(=O)c2cc(F)c(F)cc2C(=O)O)s1. The summed E-state index contributed by atoms with van der Waals surface area (Å²) in [6.45, 7) is 1.92. The van der Waals surface area contributed by atoms with Crippen molar-refractivity contribution >= 4 is 23.1 Å². The lowest BCUT2D eigenvalue weighted by Crippen LogP contribution is -2.10. The lowest BCUT2D eigenvalue weighted by molar-refractivity contribution is 0.0692. The van der Waals surface area contributed by atoms with Crippen molar-refractivity contribution in [2.75, 3.05) is 0 Å². The van der Waals surface area contributed by atoms with Gasteiger partial charge in [-0.2, -0.15) is 0 Å². The minimum atomic E-state index is -1.47. The topological polar surface area (TPSA) is 54.4 Å². The maximum absolute atomic E-state index is 13.3. The zero-order chi connectivity index (χ0) is 14.9. The monoisotopic (exact) mass is 296 g/mol. The number of aryl methyl sites for hydroxylation is 1. The zero-order valence-electron chi connectivity index (χ0n) is 10.4. The van der Waals surface area contributed by atoms with Crippen molar-refractivity contribution in [3.63, 3.8) is 0 Å². The molecule has 6 heteroatoms. The van der Waals surface area contributed by atoms with Crippen LogP contribution in [0.4, 0.5) is 8.78 Å². The van der Waals surface area contributed by atoms with E-state index in [4.69, 9.17) is 5.11 Å². The molecule has 1 heterocycles. The first kappa shape index (κ1) is 14.3. The molecular weight excluding hydrogens is 286 g/mol. The molecule has 1 aromatic carbocycles. The molecule has 0 saturated carbocycles. The Morgan fingerprint density at radius 3 is 2.25 bits per heavy atom. The number of carboxylic acid groups (broad SMARTS) is 1. The Balaban J connectivity index is 2.53. The summed E-state index contributed by atoms with van der Waals surface area (Å²) in [6, 6.07) is 4.46. The number of halogens is 2. The van der Waals surface area contributed by atoms with E-state index >= 15 is 0 Å². The highest BCUT2D eigenvalue weighted by molar-refractivity contribution is 7.14. The molecule has 2 rings (SSSR count). The van der Waals surface area contributed by atoms with E-state index in [-0.39, 0.29) is 5.56 Å². The fourth-order valence-corrected chi connectivity index (χ4v) is 2.64. The van der Waals surface area contributed by atoms with E-state index in [1.165, 1.54) is 11.3 Å². The van der Waals surface area contributed by atoms with Crippen molar-refractivity contribution in [2.24, 2.45) is 0 Å². The number of carboxylic acids is 1. The molecule has 20 heavy (non-hydrogen) atoms. The Morgan fingerprint density at radius 1 is 1.15 bits per heavy atom. The largest absolute Gasteiger partial charge is 0.478 e. The average Bonchev–Trinajstić information content (AvgIpc) is 2.89. The van der Waals surface area contributed by atoms with Crippen molar-refractivity contribution in [1.82, 2.24) is 0 Å². The number of carbonyl (C=O) groups is 2. The molecule has 0 aliphatic heterocycles. The summed E-state index contributed by atoms with van der Waals surface area (Å²) < 4.78 is 26.4. The molecule has 0 atom stereocenters. The first-order chi connectivity index (χ1) is 9.43. The van der Waals surface area contributed by atoms with Gasteiger partial charge in [0.25, 0.3) is 0 Å². The second-order valence-corrected chi connectivity index (χ2v) is 5.23. The van der Waals surface area contributed by atoms with Crippen LogP contribution in [0.15, 0.2) is 24.3 Å². The normalized spacial score (nSPS) is 10.6. The summed E-state index contributed by atoms with van der Waals surface area (Å²) >= 11 is 1.21. The van der Waals surface area contributed by atoms with Crippen LogP contribution in [0.25, 0.3) is 0 Å². The van der Waals surface area contributed by atoms with E-state index in [1.54, 1.807) is 12.1 Å². The number of carbonyl (C=O) groups excluding carboxylic acids is 1. The molecule has 0 saturated heterocycles. The van der Waals surface area contributed by atoms with E-state index in [2.05, 4.69) is 0 Å². The molecule has 104 valence electrons. The fourth-order valence-electron chi connectivity index (χ4n) is 1.73. The third-order valence-corrected chi connectivity index (χ3v) is 4.00. The second kappa shape index (κ2) is 5.50. The van der Waals surface area contributed by atoms with Crippen LogP contribution in [0.2, 0.25) is 0 Å². The van der Waals surface area contributed by atoms with Crippen LogP contribution in [-0.4, -0.2) is 16.9 Å². The van der Waals surface area contributed by atoms with Gasteiger partial charge < -0.3 is 5.11 Å². The van der Waals surface area contributed by atoms with Crippen molar-refractivity contribution in [1.29, 1.82) is 0 Å². The number of rotatable bonds is 4. The van der Waals surface area contributed by atoms with Crippen molar-refractivity contribution in [2.45, 2.75) is 13.3 Å². The summed E-state index contributed by atoms with van der Waals surface area (Å²) in [5.74, 6) is -4.63. The van der Waals surface area contributed by atoms with E-state index in [0.717, 1.165) is 11.3 Å². The number of hydrogen-bond acceptors (Lipinski definition) is 3. The minimum absolute atomic E-state index is 0.301. The zero-order valence-corrected chi connectivity index (χ0v) is 11.3. The molecule has 0 radical (unpaired) electrons. The van der Waals surface area contributed by atoms with Crippen LogP contribution < -0.4 is 0 Å². The van der Waals surface area contributed by atoms with Gasteiger partial charge in [0.1, 0.15) is 0 Å². The second-order valence-electron chi connectivity index (χ2n) is 4.07. The predicted octanol–water partition coefficient (Wildman–Crippen LogP) is 3.52. The average molecular weight is 296 g/mol. The lowest BCUT2D eigenvalue weighted by atomic mass is 10.0. The highest BCUT2D eigenvalue weighted by Crippen LogP contribution is 2.24. The van der Waals surface area contributed by atoms with E-state index in [1.807, 2.05) is 6.92 Å². The van der Waals surface area contributed by atoms with Gasteiger partial charge in [-0.3, -0.25) is 4.79 Å². The van der Waals surface area contributed by atoms with Crippen LogP contribution in [0, 0.1) is 11.6 Å². The van der Waals surface area contributed by atoms with E-state index < -0.39 is 29.0 Å². The van der Waals surface area contributed by atoms with Crippen molar-refractivity contribution in [3.05, 3.63) is 56.8 Å². The summed E-state index contributed by atoms with van der Waals surface area (Å²) in [4.78, 5) is 24.5. The Morgan fingerprint density at radius 2 is 1.75 bits per heavy atom. The maximum atomic E-state index is 13.3. The van der Waals surface area contributed by atoms with Crippen molar-refractivity contribution < 1.29 is 23.5 Å². The summed E-state index contributed by atoms with van der Waals surface area (Å²) in [5, 5.41) is 8.99. The Kier molecular flexibility index (Phi) is 3.94. The minimum Gasteiger partial charge on any atom is -0.478 e. The van der Waals surface area contributed by atoms with Gasteiger partial charge >= 0.3 is 5.97 Å². The number of benzene rings is 1. The van der Waals surface area contributed by atoms with Crippen LogP contribution in [0.5, 0.6) is 0 Å². The van der Waals surface area contributed by atoms with Crippen LogP contribution in [0.1, 0.15) is 37.4 Å². The van der Waals surface area contributed by atoms with Gasteiger partial charge in [-0.05, 0) is 30.7 Å². The van der Waals surface area contributed by atoms with Crippen molar-refractivity contribution in [3.8, 4) is 0 Å². The number of hydrogen-bond donors (Lipinski definition) is 1.